The van der Waals surface area contributed by atoms with E-state index in [2.05, 4.69) is 5.32 Å². The van der Waals surface area contributed by atoms with Gasteiger partial charge >= 0.3 is 12.0 Å². The molecular formula is C21H32N2O4. The summed E-state index contributed by atoms with van der Waals surface area (Å²) in [5, 5.41) is 12.0. The van der Waals surface area contributed by atoms with E-state index in [1.807, 2.05) is 65.0 Å². The number of hydrogen-bond donors (Lipinski definition) is 2. The van der Waals surface area contributed by atoms with Crippen molar-refractivity contribution in [1.82, 2.24) is 10.2 Å². The molecule has 150 valence electrons. The second kappa shape index (κ2) is 10.1. The van der Waals surface area contributed by atoms with Crippen molar-refractivity contribution in [3.05, 3.63) is 35.9 Å². The van der Waals surface area contributed by atoms with E-state index in [-0.39, 0.29) is 24.3 Å². The third kappa shape index (κ3) is 8.71. The summed E-state index contributed by atoms with van der Waals surface area (Å²) >= 11 is 0. The number of hydrogen-bond acceptors (Lipinski definition) is 3. The Morgan fingerprint density at radius 2 is 1.70 bits per heavy atom. The Bertz CT molecular complexity index is 635. The Balaban J connectivity index is 2.97. The number of carbonyl (C=O) groups excluding carboxylic acids is 2. The lowest BCUT2D eigenvalue weighted by molar-refractivity contribution is -0.144. The van der Waals surface area contributed by atoms with Crippen molar-refractivity contribution in [3.8, 4) is 0 Å². The lowest BCUT2D eigenvalue weighted by Crippen LogP contribution is -2.49. The van der Waals surface area contributed by atoms with E-state index in [0.717, 1.165) is 5.56 Å². The molecule has 1 atom stereocenters. The molecule has 0 radical (unpaired) electrons. The van der Waals surface area contributed by atoms with Crippen LogP contribution in [0.2, 0.25) is 0 Å². The van der Waals surface area contributed by atoms with Crippen molar-refractivity contribution in [2.75, 3.05) is 6.54 Å². The number of imide groups is 1. The molecule has 0 aliphatic rings. The number of carboxylic acid groups (broad SMARTS) is 1. The molecule has 3 amide bonds. The zero-order chi connectivity index (χ0) is 20.6. The minimum Gasteiger partial charge on any atom is -0.481 e. The number of benzene rings is 1. The molecule has 0 bridgehead atoms. The first kappa shape index (κ1) is 22.7. The molecule has 1 aromatic carbocycles. The third-order valence-electron chi connectivity index (χ3n) is 3.96. The average molecular weight is 376 g/mol. The second-order valence-corrected chi connectivity index (χ2v) is 8.55. The predicted octanol–water partition coefficient (Wildman–Crippen LogP) is 3.91. The number of carbonyl (C=O) groups is 3. The molecule has 0 saturated carbocycles. The predicted molar refractivity (Wildman–Crippen MR) is 105 cm³/mol. The van der Waals surface area contributed by atoms with Crippen molar-refractivity contribution in [2.24, 2.45) is 17.3 Å². The first-order valence-electron chi connectivity index (χ1n) is 9.34. The summed E-state index contributed by atoms with van der Waals surface area (Å²) in [5.41, 5.74) is 0.629. The van der Waals surface area contributed by atoms with E-state index in [9.17, 15) is 19.5 Å². The van der Waals surface area contributed by atoms with Gasteiger partial charge in [0.25, 0.3) is 0 Å². The highest BCUT2D eigenvalue weighted by Crippen LogP contribution is 2.22. The molecule has 0 saturated heterocycles. The van der Waals surface area contributed by atoms with Crippen molar-refractivity contribution in [1.29, 1.82) is 0 Å². The van der Waals surface area contributed by atoms with Crippen LogP contribution < -0.4 is 5.32 Å². The van der Waals surface area contributed by atoms with Gasteiger partial charge < -0.3 is 10.4 Å². The van der Waals surface area contributed by atoms with E-state index in [0.29, 0.717) is 13.0 Å². The molecule has 0 aliphatic carbocycles. The topological polar surface area (TPSA) is 86.7 Å². The van der Waals surface area contributed by atoms with Gasteiger partial charge in [-0.3, -0.25) is 14.5 Å². The Morgan fingerprint density at radius 1 is 1.11 bits per heavy atom. The Labute approximate surface area is 161 Å². The van der Waals surface area contributed by atoms with Gasteiger partial charge in [-0.05, 0) is 23.3 Å². The molecule has 27 heavy (non-hydrogen) atoms. The molecule has 0 fully saturated rings. The van der Waals surface area contributed by atoms with Crippen LogP contribution in [0.15, 0.2) is 30.3 Å². The minimum absolute atomic E-state index is 0.155. The van der Waals surface area contributed by atoms with Crippen LogP contribution in [-0.4, -0.2) is 34.5 Å². The maximum Gasteiger partial charge on any atom is 0.324 e. The first-order chi connectivity index (χ1) is 12.5. The van der Waals surface area contributed by atoms with Gasteiger partial charge in [0.05, 0.1) is 6.42 Å². The van der Waals surface area contributed by atoms with Gasteiger partial charge in [0.1, 0.15) is 0 Å². The summed E-state index contributed by atoms with van der Waals surface area (Å²) in [7, 11) is 0. The Hall–Kier alpha value is -2.37. The fraction of sp³-hybridized carbons (Fsp3) is 0.571. The van der Waals surface area contributed by atoms with E-state index in [4.69, 9.17) is 0 Å². The Kier molecular flexibility index (Phi) is 8.47. The number of amides is 3. The van der Waals surface area contributed by atoms with Gasteiger partial charge in [0.15, 0.2) is 0 Å². The molecular weight excluding hydrogens is 344 g/mol. The summed E-state index contributed by atoms with van der Waals surface area (Å²) < 4.78 is 0. The molecule has 6 heteroatoms. The Morgan fingerprint density at radius 3 is 2.19 bits per heavy atom. The summed E-state index contributed by atoms with van der Waals surface area (Å²) in [6, 6.07) is 8.95. The largest absolute Gasteiger partial charge is 0.481 e. The van der Waals surface area contributed by atoms with Crippen molar-refractivity contribution >= 4 is 17.9 Å². The van der Waals surface area contributed by atoms with Crippen molar-refractivity contribution < 1.29 is 19.5 Å². The monoisotopic (exact) mass is 376 g/mol. The van der Waals surface area contributed by atoms with Gasteiger partial charge in [0, 0.05) is 19.0 Å². The van der Waals surface area contributed by atoms with Gasteiger partial charge in [-0.25, -0.2) is 4.79 Å². The first-order valence-corrected chi connectivity index (χ1v) is 9.34. The van der Waals surface area contributed by atoms with Gasteiger partial charge in [0.2, 0.25) is 5.91 Å². The normalized spacial score (nSPS) is 12.5. The van der Waals surface area contributed by atoms with Crippen LogP contribution >= 0.6 is 0 Å². The molecule has 0 spiro atoms. The van der Waals surface area contributed by atoms with Crippen molar-refractivity contribution in [2.45, 2.75) is 54.0 Å². The highest BCUT2D eigenvalue weighted by molar-refractivity contribution is 5.96. The molecule has 0 aromatic heterocycles. The lowest BCUT2D eigenvalue weighted by Gasteiger charge is -2.31. The average Bonchev–Trinajstić information content (AvgIpc) is 2.55. The van der Waals surface area contributed by atoms with Gasteiger partial charge in [-0.1, -0.05) is 65.0 Å². The maximum atomic E-state index is 13.0. The van der Waals surface area contributed by atoms with Crippen LogP contribution in [0.25, 0.3) is 0 Å². The SMILES string of the molecule is CC(C)C[C@H](CC(=O)O)C(=O)N(CC(C)(C)C)C(=O)NCc1ccccc1. The molecule has 0 aliphatic heterocycles. The van der Waals surface area contributed by atoms with Gasteiger partial charge in [-0.2, -0.15) is 0 Å². The molecule has 6 nitrogen and oxygen atoms in total. The van der Waals surface area contributed by atoms with Crippen LogP contribution in [0.3, 0.4) is 0 Å². The number of nitrogens with one attached hydrogen (secondary N) is 1. The molecule has 1 rings (SSSR count). The second-order valence-electron chi connectivity index (χ2n) is 8.55. The van der Waals surface area contributed by atoms with Crippen LogP contribution in [0.1, 0.15) is 53.0 Å². The van der Waals surface area contributed by atoms with Crippen LogP contribution in [0.4, 0.5) is 4.79 Å². The van der Waals surface area contributed by atoms with E-state index in [1.165, 1.54) is 4.90 Å². The van der Waals surface area contributed by atoms with Gasteiger partial charge in [-0.15, -0.1) is 0 Å². The number of carboxylic acids is 1. The fourth-order valence-corrected chi connectivity index (χ4v) is 2.86. The minimum atomic E-state index is -1.03. The zero-order valence-corrected chi connectivity index (χ0v) is 17.0. The van der Waals surface area contributed by atoms with E-state index < -0.39 is 23.8 Å². The smallest absolute Gasteiger partial charge is 0.324 e. The quantitative estimate of drug-likeness (QED) is 0.720. The zero-order valence-electron chi connectivity index (χ0n) is 17.0. The van der Waals surface area contributed by atoms with Crippen LogP contribution in [0, 0.1) is 17.3 Å². The van der Waals surface area contributed by atoms with Crippen molar-refractivity contribution in [3.63, 3.8) is 0 Å². The maximum absolute atomic E-state index is 13.0. The highest BCUT2D eigenvalue weighted by atomic mass is 16.4. The summed E-state index contributed by atoms with van der Waals surface area (Å²) in [6.45, 7) is 10.2. The number of rotatable bonds is 8. The molecule has 0 heterocycles. The fourth-order valence-electron chi connectivity index (χ4n) is 2.86. The summed E-state index contributed by atoms with van der Waals surface area (Å²) in [6.07, 6.45) is 0.154. The van der Waals surface area contributed by atoms with E-state index in [1.54, 1.807) is 0 Å². The van der Waals surface area contributed by atoms with E-state index >= 15 is 0 Å². The molecule has 2 N–H and O–H groups in total. The number of urea groups is 1. The molecule has 1 aromatic rings. The standard InChI is InChI=1S/C21H32N2O4/c1-15(2)11-17(12-18(24)25)19(26)23(14-21(3,4)5)20(27)22-13-16-9-7-6-8-10-16/h6-10,15,17H,11-14H2,1-5H3,(H,22,27)(H,24,25)/t17-/m1/s1. The molecule has 0 unspecified atom stereocenters. The highest BCUT2D eigenvalue weighted by Gasteiger charge is 2.33. The summed E-state index contributed by atoms with van der Waals surface area (Å²) in [5.74, 6) is -2.02. The third-order valence-corrected chi connectivity index (χ3v) is 3.96. The lowest BCUT2D eigenvalue weighted by atomic mass is 9.91. The number of aliphatic carboxylic acids is 1. The van der Waals surface area contributed by atoms with Crippen LogP contribution in [-0.2, 0) is 16.1 Å². The summed E-state index contributed by atoms with van der Waals surface area (Å²) in [4.78, 5) is 38.2. The van der Waals surface area contributed by atoms with Crippen LogP contribution in [0.5, 0.6) is 0 Å². The number of nitrogens with zero attached hydrogens (tertiary/aromatic N) is 1.